The van der Waals surface area contributed by atoms with Crippen molar-refractivity contribution in [2.24, 2.45) is 0 Å². The van der Waals surface area contributed by atoms with Crippen molar-refractivity contribution in [3.8, 4) is 0 Å². The van der Waals surface area contributed by atoms with Gasteiger partial charge >= 0.3 is 0 Å². The smallest absolute Gasteiger partial charge is 0.233 e. The van der Waals surface area contributed by atoms with E-state index in [4.69, 9.17) is 4.52 Å². The molecule has 0 radical (unpaired) electrons. The Kier molecular flexibility index (Phi) is 5.37. The first kappa shape index (κ1) is 17.9. The molecule has 2 atom stereocenters. The van der Waals surface area contributed by atoms with Gasteiger partial charge in [-0.25, -0.2) is 0 Å². The van der Waals surface area contributed by atoms with Gasteiger partial charge < -0.3 is 9.84 Å². The van der Waals surface area contributed by atoms with Gasteiger partial charge in [-0.05, 0) is 30.3 Å². The van der Waals surface area contributed by atoms with Crippen LogP contribution in [0.5, 0.6) is 0 Å². The molecule has 0 aliphatic carbocycles. The van der Waals surface area contributed by atoms with Gasteiger partial charge in [0.2, 0.25) is 5.89 Å². The van der Waals surface area contributed by atoms with Crippen molar-refractivity contribution in [2.75, 3.05) is 26.7 Å². The van der Waals surface area contributed by atoms with Crippen molar-refractivity contribution in [3.63, 3.8) is 0 Å². The van der Waals surface area contributed by atoms with Crippen LogP contribution in [-0.4, -0.2) is 41.7 Å². The topological polar surface area (TPSA) is 54.2 Å². The van der Waals surface area contributed by atoms with Crippen LogP contribution in [-0.2, 0) is 0 Å². The molecule has 6 heteroatoms. The maximum atomic E-state index is 5.58. The fourth-order valence-electron chi connectivity index (χ4n) is 3.27. The number of hydrogen-bond acceptors (Lipinski definition) is 5. The normalized spacial score (nSPS) is 19.5. The Bertz CT molecular complexity index is 850. The van der Waals surface area contributed by atoms with E-state index in [2.05, 4.69) is 76.8 Å². The van der Waals surface area contributed by atoms with Crippen LogP contribution in [0.2, 0.25) is 0 Å². The van der Waals surface area contributed by atoms with Gasteiger partial charge in [0.15, 0.2) is 5.82 Å². The van der Waals surface area contributed by atoms with E-state index in [0.29, 0.717) is 5.89 Å². The number of nitrogens with one attached hydrogen (secondary N) is 1. The lowest BCUT2D eigenvalue weighted by Crippen LogP contribution is -2.44. The van der Waals surface area contributed by atoms with Crippen LogP contribution in [0, 0.1) is 0 Å². The maximum absolute atomic E-state index is 5.58. The minimum atomic E-state index is 0. The van der Waals surface area contributed by atoms with Crippen LogP contribution in [0.15, 0.2) is 47.0 Å². The number of nitrogens with zero attached hydrogens (tertiary/aromatic N) is 3. The molecule has 0 bridgehead atoms. The lowest BCUT2D eigenvalue weighted by atomic mass is 9.98. The quantitative estimate of drug-likeness (QED) is 0.778. The second kappa shape index (κ2) is 7.52. The van der Waals surface area contributed by atoms with Crippen LogP contribution in [0.4, 0.5) is 0 Å². The molecule has 0 saturated carbocycles. The van der Waals surface area contributed by atoms with E-state index >= 15 is 0 Å². The third-order valence-electron chi connectivity index (χ3n) is 4.91. The molecular weight excluding hydrogens is 336 g/mol. The predicted octanol–water partition coefficient (Wildman–Crippen LogP) is 3.37. The van der Waals surface area contributed by atoms with Gasteiger partial charge in [0.1, 0.15) is 0 Å². The Morgan fingerprint density at radius 2 is 2.00 bits per heavy atom. The van der Waals surface area contributed by atoms with Crippen LogP contribution in [0.1, 0.15) is 36.2 Å². The minimum absolute atomic E-state index is 0. The zero-order chi connectivity index (χ0) is 16.5. The summed E-state index contributed by atoms with van der Waals surface area (Å²) in [6.45, 7) is 4.98. The minimum Gasteiger partial charge on any atom is -0.339 e. The monoisotopic (exact) mass is 358 g/mol. The molecule has 1 fully saturated rings. The van der Waals surface area contributed by atoms with E-state index < -0.39 is 0 Å². The summed E-state index contributed by atoms with van der Waals surface area (Å²) in [5.74, 6) is 1.53. The highest BCUT2D eigenvalue weighted by atomic mass is 35.5. The average molecular weight is 359 g/mol. The predicted molar refractivity (Wildman–Crippen MR) is 101 cm³/mol. The highest BCUT2D eigenvalue weighted by Crippen LogP contribution is 2.27. The van der Waals surface area contributed by atoms with Crippen molar-refractivity contribution in [3.05, 3.63) is 59.7 Å². The summed E-state index contributed by atoms with van der Waals surface area (Å²) in [5.41, 5.74) is 1.19. The number of halogens is 1. The Hall–Kier alpha value is -1.95. The molecule has 1 aliphatic heterocycles. The van der Waals surface area contributed by atoms with E-state index in [1.54, 1.807) is 0 Å². The molecule has 4 rings (SSSR count). The molecule has 2 heterocycles. The number of piperazine rings is 1. The van der Waals surface area contributed by atoms with Gasteiger partial charge in [-0.2, -0.15) is 4.98 Å². The summed E-state index contributed by atoms with van der Waals surface area (Å²) in [7, 11) is 2.11. The van der Waals surface area contributed by atoms with Gasteiger partial charge in [0.25, 0.3) is 0 Å². The number of likely N-dealkylation sites (N-methyl/N-ethyl adjacent to an activating group) is 1. The van der Waals surface area contributed by atoms with Crippen LogP contribution in [0.25, 0.3) is 10.8 Å². The average Bonchev–Trinajstić information content (AvgIpc) is 3.11. The van der Waals surface area contributed by atoms with Crippen molar-refractivity contribution in [1.29, 1.82) is 0 Å². The number of hydrogen-bond donors (Lipinski definition) is 1. The molecule has 1 aromatic heterocycles. The first-order chi connectivity index (χ1) is 11.7. The lowest BCUT2D eigenvalue weighted by Gasteiger charge is -2.30. The number of rotatable bonds is 3. The molecule has 25 heavy (non-hydrogen) atoms. The molecule has 2 aromatic carbocycles. The third kappa shape index (κ3) is 3.54. The van der Waals surface area contributed by atoms with Crippen molar-refractivity contribution in [2.45, 2.75) is 18.9 Å². The van der Waals surface area contributed by atoms with Gasteiger partial charge in [-0.3, -0.25) is 4.90 Å². The standard InChI is InChI=1S/C19H22N4O.ClH/c1-13(15-8-7-14-5-3-4-6-16(14)11-15)19-21-18(22-24-19)17-12-20-9-10-23(17)2;/h3-8,11,13,17,20H,9-10,12H2,1-2H3;1H. The molecule has 0 amide bonds. The van der Waals surface area contributed by atoms with E-state index in [9.17, 15) is 0 Å². The Morgan fingerprint density at radius 1 is 1.20 bits per heavy atom. The molecule has 1 saturated heterocycles. The van der Waals surface area contributed by atoms with Gasteiger partial charge in [-0.15, -0.1) is 12.4 Å². The zero-order valence-electron chi connectivity index (χ0n) is 14.5. The molecule has 1 N–H and O–H groups in total. The summed E-state index contributed by atoms with van der Waals surface area (Å²) < 4.78 is 5.58. The van der Waals surface area contributed by atoms with Crippen molar-refractivity contribution < 1.29 is 4.52 Å². The number of aromatic nitrogens is 2. The second-order valence-electron chi connectivity index (χ2n) is 6.52. The summed E-state index contributed by atoms with van der Waals surface area (Å²) in [6.07, 6.45) is 0. The van der Waals surface area contributed by atoms with Crippen LogP contribution < -0.4 is 5.32 Å². The van der Waals surface area contributed by atoms with Crippen molar-refractivity contribution in [1.82, 2.24) is 20.4 Å². The van der Waals surface area contributed by atoms with E-state index in [1.165, 1.54) is 16.3 Å². The van der Waals surface area contributed by atoms with Gasteiger partial charge in [0.05, 0.1) is 12.0 Å². The number of fused-ring (bicyclic) bond motifs is 1. The highest BCUT2D eigenvalue weighted by Gasteiger charge is 2.26. The van der Waals surface area contributed by atoms with E-state index in [0.717, 1.165) is 25.5 Å². The molecule has 1 aliphatic rings. The molecular formula is C19H23ClN4O. The summed E-state index contributed by atoms with van der Waals surface area (Å²) in [6, 6.07) is 15.1. The number of benzene rings is 2. The van der Waals surface area contributed by atoms with E-state index in [-0.39, 0.29) is 24.4 Å². The zero-order valence-corrected chi connectivity index (χ0v) is 15.3. The van der Waals surface area contributed by atoms with Gasteiger partial charge in [-0.1, -0.05) is 47.6 Å². The lowest BCUT2D eigenvalue weighted by molar-refractivity contribution is 0.190. The molecule has 2 unspecified atom stereocenters. The summed E-state index contributed by atoms with van der Waals surface area (Å²) in [5, 5.41) is 10.1. The SMILES string of the molecule is CC(c1ccc2ccccc2c1)c1nc(C2CNCCN2C)no1.Cl. The van der Waals surface area contributed by atoms with Crippen molar-refractivity contribution >= 4 is 23.2 Å². The Balaban J connectivity index is 0.00000182. The third-order valence-corrected chi connectivity index (χ3v) is 4.91. The van der Waals surface area contributed by atoms with Crippen LogP contribution in [0.3, 0.4) is 0 Å². The molecule has 5 nitrogen and oxygen atoms in total. The summed E-state index contributed by atoms with van der Waals surface area (Å²) in [4.78, 5) is 6.95. The first-order valence-electron chi connectivity index (χ1n) is 8.45. The first-order valence-corrected chi connectivity index (χ1v) is 8.45. The maximum Gasteiger partial charge on any atom is 0.233 e. The fourth-order valence-corrected chi connectivity index (χ4v) is 3.27. The summed E-state index contributed by atoms with van der Waals surface area (Å²) >= 11 is 0. The molecule has 3 aromatic rings. The second-order valence-corrected chi connectivity index (χ2v) is 6.52. The van der Waals surface area contributed by atoms with Crippen LogP contribution >= 0.6 is 12.4 Å². The molecule has 132 valence electrons. The fraction of sp³-hybridized carbons (Fsp3) is 0.368. The molecule has 0 spiro atoms. The Morgan fingerprint density at radius 3 is 2.80 bits per heavy atom. The highest BCUT2D eigenvalue weighted by molar-refractivity contribution is 5.85. The largest absolute Gasteiger partial charge is 0.339 e. The Labute approximate surface area is 153 Å². The van der Waals surface area contributed by atoms with Gasteiger partial charge in [0, 0.05) is 19.6 Å². The van der Waals surface area contributed by atoms with E-state index in [1.807, 2.05) is 0 Å².